The van der Waals surface area contributed by atoms with Gasteiger partial charge in [0.1, 0.15) is 18.0 Å². The number of rotatable bonds is 5. The predicted octanol–water partition coefficient (Wildman–Crippen LogP) is 3.88. The zero-order valence-electron chi connectivity index (χ0n) is 17.4. The first kappa shape index (κ1) is 19.8. The van der Waals surface area contributed by atoms with Crippen LogP contribution in [0.1, 0.15) is 34.9 Å². The summed E-state index contributed by atoms with van der Waals surface area (Å²) in [5, 5.41) is 8.55. The third-order valence-electron chi connectivity index (χ3n) is 5.94. The maximum atomic E-state index is 13.0. The van der Waals surface area contributed by atoms with Crippen molar-refractivity contribution in [1.29, 1.82) is 0 Å². The molecule has 0 radical (unpaired) electrons. The third kappa shape index (κ3) is 3.83. The van der Waals surface area contributed by atoms with Gasteiger partial charge in [-0.05, 0) is 43.4 Å². The van der Waals surface area contributed by atoms with Crippen LogP contribution in [0.4, 0.5) is 0 Å². The number of carbonyl (C=O) groups is 1. The molecule has 3 heterocycles. The Labute approximate surface area is 185 Å². The lowest BCUT2D eigenvalue weighted by Crippen LogP contribution is -2.38. The van der Waals surface area contributed by atoms with Gasteiger partial charge in [0.05, 0.1) is 11.1 Å². The molecule has 1 aliphatic heterocycles. The van der Waals surface area contributed by atoms with Crippen molar-refractivity contribution in [2.75, 3.05) is 19.3 Å². The average Bonchev–Trinajstić information content (AvgIpc) is 3.46. The van der Waals surface area contributed by atoms with Gasteiger partial charge in [-0.15, -0.1) is 16.9 Å². The molecule has 0 atom stereocenters. The van der Waals surface area contributed by atoms with E-state index in [0.717, 1.165) is 53.2 Å². The number of hydrogen-bond acceptors (Lipinski definition) is 5. The second kappa shape index (κ2) is 8.55. The van der Waals surface area contributed by atoms with Crippen molar-refractivity contribution in [2.24, 2.45) is 0 Å². The van der Waals surface area contributed by atoms with E-state index in [1.165, 1.54) is 0 Å². The van der Waals surface area contributed by atoms with Crippen LogP contribution in [0.5, 0.6) is 0 Å². The van der Waals surface area contributed by atoms with Crippen LogP contribution in [0.15, 0.2) is 65.8 Å². The molecule has 4 aromatic rings. The maximum Gasteiger partial charge on any atom is 0.254 e. The van der Waals surface area contributed by atoms with Crippen molar-refractivity contribution < 1.29 is 4.79 Å². The Morgan fingerprint density at radius 2 is 1.87 bits per heavy atom. The molecule has 2 aromatic heterocycles. The van der Waals surface area contributed by atoms with Gasteiger partial charge in [0.2, 0.25) is 0 Å². The molecule has 1 saturated heterocycles. The van der Waals surface area contributed by atoms with Crippen LogP contribution in [-0.4, -0.2) is 54.7 Å². The van der Waals surface area contributed by atoms with E-state index in [2.05, 4.69) is 19.9 Å². The van der Waals surface area contributed by atoms with Gasteiger partial charge in [-0.3, -0.25) is 4.79 Å². The van der Waals surface area contributed by atoms with Crippen molar-refractivity contribution in [3.05, 3.63) is 72.3 Å². The summed E-state index contributed by atoms with van der Waals surface area (Å²) in [6.45, 7) is 2.06. The maximum absolute atomic E-state index is 13.0. The lowest BCUT2D eigenvalue weighted by atomic mass is 9.95. The summed E-state index contributed by atoms with van der Waals surface area (Å²) in [5.74, 6) is 1.50. The van der Waals surface area contributed by atoms with Gasteiger partial charge < -0.3 is 9.47 Å². The molecule has 0 unspecified atom stereocenters. The normalized spacial score (nSPS) is 14.9. The molecular formula is C23H24N6OS. The fourth-order valence-corrected chi connectivity index (χ4v) is 4.89. The van der Waals surface area contributed by atoms with Gasteiger partial charge in [-0.1, -0.05) is 29.5 Å². The number of likely N-dealkylation sites (tertiary alicyclic amines) is 1. The van der Waals surface area contributed by atoms with Crippen LogP contribution < -0.4 is 0 Å². The summed E-state index contributed by atoms with van der Waals surface area (Å²) in [6.07, 6.45) is 7.67. The Morgan fingerprint density at radius 3 is 2.71 bits per heavy atom. The quantitative estimate of drug-likeness (QED) is 0.448. The molecule has 158 valence electrons. The third-order valence-corrected chi connectivity index (χ3v) is 6.73. The summed E-state index contributed by atoms with van der Waals surface area (Å²) in [5.41, 5.74) is 2.70. The minimum Gasteiger partial charge on any atom is -0.339 e. The van der Waals surface area contributed by atoms with E-state index < -0.39 is 0 Å². The van der Waals surface area contributed by atoms with Crippen molar-refractivity contribution >= 4 is 28.7 Å². The smallest absolute Gasteiger partial charge is 0.254 e. The molecule has 1 amide bonds. The molecule has 5 rings (SSSR count). The van der Waals surface area contributed by atoms with Gasteiger partial charge >= 0.3 is 0 Å². The van der Waals surface area contributed by atoms with E-state index >= 15 is 0 Å². The molecule has 0 saturated carbocycles. The van der Waals surface area contributed by atoms with Crippen molar-refractivity contribution in [3.8, 4) is 0 Å². The predicted molar refractivity (Wildman–Crippen MR) is 121 cm³/mol. The van der Waals surface area contributed by atoms with E-state index in [0.29, 0.717) is 12.6 Å². The topological polar surface area (TPSA) is 68.8 Å². The fraction of sp³-hybridized carbons (Fsp3) is 0.304. The Balaban J connectivity index is 1.29. The van der Waals surface area contributed by atoms with Crippen LogP contribution >= 0.6 is 11.8 Å². The van der Waals surface area contributed by atoms with Crippen LogP contribution in [0.2, 0.25) is 0 Å². The lowest BCUT2D eigenvalue weighted by molar-refractivity contribution is 0.0706. The van der Waals surface area contributed by atoms with Crippen molar-refractivity contribution in [3.63, 3.8) is 0 Å². The number of piperidine rings is 1. The Hall–Kier alpha value is -3.13. The highest BCUT2D eigenvalue weighted by Crippen LogP contribution is 2.29. The minimum atomic E-state index is 0.126. The first-order chi connectivity index (χ1) is 15.2. The van der Waals surface area contributed by atoms with E-state index in [1.807, 2.05) is 76.8 Å². The summed E-state index contributed by atoms with van der Waals surface area (Å²) in [6, 6.07) is 15.8. The summed E-state index contributed by atoms with van der Waals surface area (Å²) in [4.78, 5) is 20.7. The highest BCUT2D eigenvalue weighted by Gasteiger charge is 2.28. The molecule has 0 N–H and O–H groups in total. The number of thioether (sulfide) groups is 1. The standard InChI is InChI=1S/C23H24N6OS/c1-31-21-9-5-2-6-18(21)23(30)27-13-10-17(11-14-27)22-24-12-15-28(22)16-29-20-8-4-3-7-19(20)25-26-29/h2-9,12,15,17H,10-11,13-14,16H2,1H3. The first-order valence-corrected chi connectivity index (χ1v) is 11.7. The van der Waals surface area contributed by atoms with Gasteiger partial charge in [-0.25, -0.2) is 9.67 Å². The van der Waals surface area contributed by atoms with Crippen molar-refractivity contribution in [2.45, 2.75) is 30.3 Å². The lowest BCUT2D eigenvalue weighted by Gasteiger charge is -2.32. The molecule has 8 heteroatoms. The molecule has 7 nitrogen and oxygen atoms in total. The zero-order chi connectivity index (χ0) is 21.2. The Bertz CT molecular complexity index is 1210. The number of benzene rings is 2. The number of para-hydroxylation sites is 1. The van der Waals surface area contributed by atoms with E-state index in [1.54, 1.807) is 11.8 Å². The van der Waals surface area contributed by atoms with Gasteiger partial charge in [-0.2, -0.15) is 0 Å². The second-order valence-corrected chi connectivity index (χ2v) is 8.59. The molecule has 2 aromatic carbocycles. The average molecular weight is 433 g/mol. The first-order valence-electron chi connectivity index (χ1n) is 10.5. The molecule has 0 bridgehead atoms. The van der Waals surface area contributed by atoms with Gasteiger partial charge in [0.25, 0.3) is 5.91 Å². The van der Waals surface area contributed by atoms with Crippen LogP contribution in [0.25, 0.3) is 11.0 Å². The zero-order valence-corrected chi connectivity index (χ0v) is 18.2. The minimum absolute atomic E-state index is 0.126. The monoisotopic (exact) mass is 432 g/mol. The van der Waals surface area contributed by atoms with E-state index in [-0.39, 0.29) is 5.91 Å². The number of imidazole rings is 1. The summed E-state index contributed by atoms with van der Waals surface area (Å²) in [7, 11) is 0. The van der Waals surface area contributed by atoms with Gasteiger partial charge in [0, 0.05) is 36.3 Å². The number of amides is 1. The van der Waals surface area contributed by atoms with Gasteiger partial charge in [0.15, 0.2) is 0 Å². The van der Waals surface area contributed by atoms with Crippen LogP contribution in [0.3, 0.4) is 0 Å². The fourth-order valence-electron chi connectivity index (χ4n) is 4.30. The molecule has 31 heavy (non-hydrogen) atoms. The molecule has 0 spiro atoms. The molecule has 1 aliphatic rings. The molecular weight excluding hydrogens is 408 g/mol. The molecule has 1 fully saturated rings. The Kier molecular flexibility index (Phi) is 5.46. The largest absolute Gasteiger partial charge is 0.339 e. The SMILES string of the molecule is CSc1ccccc1C(=O)N1CCC(c2nccn2Cn2nnc3ccccc32)CC1. The van der Waals surface area contributed by atoms with E-state index in [4.69, 9.17) is 0 Å². The number of carbonyl (C=O) groups excluding carboxylic acids is 1. The number of nitrogens with zero attached hydrogens (tertiary/aromatic N) is 6. The summed E-state index contributed by atoms with van der Waals surface area (Å²) < 4.78 is 4.05. The van der Waals surface area contributed by atoms with Crippen molar-refractivity contribution in [1.82, 2.24) is 29.4 Å². The number of aromatic nitrogens is 5. The Morgan fingerprint density at radius 1 is 1.10 bits per heavy atom. The number of fused-ring (bicyclic) bond motifs is 1. The highest BCUT2D eigenvalue weighted by atomic mass is 32.2. The highest BCUT2D eigenvalue weighted by molar-refractivity contribution is 7.98. The van der Waals surface area contributed by atoms with E-state index in [9.17, 15) is 4.79 Å². The van der Waals surface area contributed by atoms with Crippen LogP contribution in [-0.2, 0) is 6.67 Å². The summed E-state index contributed by atoms with van der Waals surface area (Å²) >= 11 is 1.62. The molecule has 0 aliphatic carbocycles. The number of hydrogen-bond donors (Lipinski definition) is 0. The second-order valence-electron chi connectivity index (χ2n) is 7.74. The van der Waals surface area contributed by atoms with Crippen LogP contribution in [0, 0.1) is 0 Å².